The van der Waals surface area contributed by atoms with Crippen LogP contribution in [0.4, 0.5) is 9.52 Å². The standard InChI is InChI=1S/C25H26FN5O3S2/c1-18-8-10-20(11-9-18)36(33,34)30-14-3-5-19(17-30)24(32)31(16-15-29-13-4-12-27-29)25-28-23-21(26)6-2-7-22(23)35-25/h2,4,6-13,19H,3,5,14-17H2,1H3. The summed E-state index contributed by atoms with van der Waals surface area (Å²) in [6.07, 6.45) is 4.60. The number of aromatic nitrogens is 3. The summed E-state index contributed by atoms with van der Waals surface area (Å²) in [5, 5.41) is 4.60. The highest BCUT2D eigenvalue weighted by molar-refractivity contribution is 7.89. The second-order valence-corrected chi connectivity index (χ2v) is 11.8. The average molecular weight is 528 g/mol. The molecular formula is C25H26FN5O3S2. The number of halogens is 1. The zero-order chi connectivity index (χ0) is 25.3. The van der Waals surface area contributed by atoms with E-state index in [0.717, 1.165) is 5.56 Å². The van der Waals surface area contributed by atoms with Gasteiger partial charge in [0, 0.05) is 32.0 Å². The number of amides is 1. The molecule has 1 aliphatic rings. The van der Waals surface area contributed by atoms with Crippen molar-refractivity contribution in [1.29, 1.82) is 0 Å². The number of nitrogens with zero attached hydrogens (tertiary/aromatic N) is 5. The highest BCUT2D eigenvalue weighted by Gasteiger charge is 2.36. The second kappa shape index (κ2) is 10.1. The van der Waals surface area contributed by atoms with Crippen molar-refractivity contribution in [1.82, 2.24) is 19.1 Å². The Morgan fingerprint density at radius 3 is 2.72 bits per heavy atom. The minimum Gasteiger partial charge on any atom is -0.286 e. The van der Waals surface area contributed by atoms with Crippen molar-refractivity contribution < 1.29 is 17.6 Å². The van der Waals surface area contributed by atoms with E-state index < -0.39 is 21.8 Å². The molecule has 1 atom stereocenters. The van der Waals surface area contributed by atoms with Crippen molar-refractivity contribution in [2.24, 2.45) is 5.92 Å². The van der Waals surface area contributed by atoms with Crippen molar-refractivity contribution in [2.45, 2.75) is 31.2 Å². The number of hydrogen-bond acceptors (Lipinski definition) is 6. The van der Waals surface area contributed by atoms with Crippen LogP contribution in [0.15, 0.2) is 65.8 Å². The molecule has 36 heavy (non-hydrogen) atoms. The Morgan fingerprint density at radius 1 is 1.19 bits per heavy atom. The summed E-state index contributed by atoms with van der Waals surface area (Å²) in [6, 6.07) is 13.3. The SMILES string of the molecule is Cc1ccc(S(=O)(=O)N2CCCC(C(=O)N(CCn3cccn3)c3nc4c(F)cccc4s3)C2)cc1. The molecular weight excluding hydrogens is 501 g/mol. The van der Waals surface area contributed by atoms with Gasteiger partial charge in [-0.05, 0) is 50.1 Å². The fourth-order valence-electron chi connectivity index (χ4n) is 4.40. The van der Waals surface area contributed by atoms with E-state index in [1.807, 2.05) is 6.92 Å². The van der Waals surface area contributed by atoms with E-state index in [1.54, 1.807) is 64.4 Å². The second-order valence-electron chi connectivity index (χ2n) is 8.86. The number of benzene rings is 2. The number of rotatable bonds is 7. The minimum atomic E-state index is -3.72. The quantitative estimate of drug-likeness (QED) is 0.362. The molecule has 0 spiro atoms. The van der Waals surface area contributed by atoms with Crippen LogP contribution in [0.1, 0.15) is 18.4 Å². The van der Waals surface area contributed by atoms with Gasteiger partial charge in [-0.25, -0.2) is 17.8 Å². The van der Waals surface area contributed by atoms with E-state index in [9.17, 15) is 17.6 Å². The van der Waals surface area contributed by atoms with Gasteiger partial charge in [0.15, 0.2) is 5.13 Å². The summed E-state index contributed by atoms with van der Waals surface area (Å²) in [5.41, 5.74) is 1.20. The summed E-state index contributed by atoms with van der Waals surface area (Å²) < 4.78 is 44.7. The van der Waals surface area contributed by atoms with E-state index >= 15 is 0 Å². The smallest absolute Gasteiger partial charge is 0.243 e. The summed E-state index contributed by atoms with van der Waals surface area (Å²) in [6.45, 7) is 3.06. The number of fused-ring (bicyclic) bond motifs is 1. The molecule has 1 amide bonds. The first-order valence-corrected chi connectivity index (χ1v) is 14.0. The van der Waals surface area contributed by atoms with Gasteiger partial charge in [0.25, 0.3) is 0 Å². The Hall–Kier alpha value is -3.15. The number of aryl methyl sites for hydroxylation is 1. The van der Waals surface area contributed by atoms with Crippen LogP contribution in [-0.4, -0.2) is 53.0 Å². The van der Waals surface area contributed by atoms with Crippen LogP contribution in [0.5, 0.6) is 0 Å². The average Bonchev–Trinajstić information content (AvgIpc) is 3.55. The van der Waals surface area contributed by atoms with Gasteiger partial charge in [0.2, 0.25) is 15.9 Å². The van der Waals surface area contributed by atoms with Crippen LogP contribution < -0.4 is 4.90 Å². The minimum absolute atomic E-state index is 0.0899. The molecule has 1 unspecified atom stereocenters. The third-order valence-electron chi connectivity index (χ3n) is 6.36. The molecule has 0 N–H and O–H groups in total. The fraction of sp³-hybridized carbons (Fsp3) is 0.320. The highest BCUT2D eigenvalue weighted by Crippen LogP contribution is 2.33. The molecule has 2 aromatic heterocycles. The summed E-state index contributed by atoms with van der Waals surface area (Å²) in [4.78, 5) is 20.0. The lowest BCUT2D eigenvalue weighted by molar-refractivity contribution is -0.123. The van der Waals surface area contributed by atoms with Gasteiger partial charge in [-0.2, -0.15) is 9.40 Å². The number of piperidine rings is 1. The van der Waals surface area contributed by atoms with E-state index in [4.69, 9.17) is 0 Å². The van der Waals surface area contributed by atoms with Crippen LogP contribution in [0, 0.1) is 18.7 Å². The Labute approximate surface area is 213 Å². The lowest BCUT2D eigenvalue weighted by Crippen LogP contribution is -2.47. The number of thiazole rings is 1. The monoisotopic (exact) mass is 527 g/mol. The number of carbonyl (C=O) groups is 1. The first-order valence-electron chi connectivity index (χ1n) is 11.7. The van der Waals surface area contributed by atoms with E-state index in [1.165, 1.54) is 21.7 Å². The van der Waals surface area contributed by atoms with Crippen molar-refractivity contribution in [2.75, 3.05) is 24.5 Å². The molecule has 1 fully saturated rings. The van der Waals surface area contributed by atoms with E-state index in [0.29, 0.717) is 35.8 Å². The number of anilines is 1. The topological polar surface area (TPSA) is 88.4 Å². The molecule has 0 radical (unpaired) electrons. The Bertz CT molecular complexity index is 1470. The molecule has 11 heteroatoms. The van der Waals surface area contributed by atoms with Crippen LogP contribution in [0.3, 0.4) is 0 Å². The number of para-hydroxylation sites is 1. The number of sulfonamides is 1. The van der Waals surface area contributed by atoms with Crippen molar-refractivity contribution >= 4 is 42.6 Å². The lowest BCUT2D eigenvalue weighted by Gasteiger charge is -2.33. The van der Waals surface area contributed by atoms with Crippen molar-refractivity contribution in [3.8, 4) is 0 Å². The van der Waals surface area contributed by atoms with Gasteiger partial charge in [0.1, 0.15) is 11.3 Å². The number of hydrogen-bond donors (Lipinski definition) is 0. The molecule has 0 saturated carbocycles. The van der Waals surface area contributed by atoms with Crippen molar-refractivity contribution in [3.05, 3.63) is 72.3 Å². The molecule has 3 heterocycles. The van der Waals surface area contributed by atoms with Gasteiger partial charge in [-0.1, -0.05) is 35.1 Å². The summed E-state index contributed by atoms with van der Waals surface area (Å²) in [7, 11) is -3.72. The maximum absolute atomic E-state index is 14.3. The van der Waals surface area contributed by atoms with E-state index in [2.05, 4.69) is 10.1 Å². The lowest BCUT2D eigenvalue weighted by atomic mass is 9.98. The van der Waals surface area contributed by atoms with Crippen LogP contribution in [0.25, 0.3) is 10.2 Å². The third kappa shape index (κ3) is 4.91. The van der Waals surface area contributed by atoms with Gasteiger partial charge >= 0.3 is 0 Å². The fourth-order valence-corrected chi connectivity index (χ4v) is 6.93. The molecule has 1 saturated heterocycles. The first kappa shape index (κ1) is 24.5. The van der Waals surface area contributed by atoms with Crippen LogP contribution in [0.2, 0.25) is 0 Å². The molecule has 4 aromatic rings. The van der Waals surface area contributed by atoms with Gasteiger partial charge in [-0.15, -0.1) is 0 Å². The number of carbonyl (C=O) groups excluding carboxylic acids is 1. The van der Waals surface area contributed by atoms with Gasteiger partial charge in [0.05, 0.1) is 22.1 Å². The van der Waals surface area contributed by atoms with E-state index in [-0.39, 0.29) is 29.4 Å². The zero-order valence-corrected chi connectivity index (χ0v) is 21.4. The van der Waals surface area contributed by atoms with Gasteiger partial charge in [-0.3, -0.25) is 14.4 Å². The van der Waals surface area contributed by atoms with Crippen LogP contribution in [-0.2, 0) is 21.4 Å². The molecule has 2 aromatic carbocycles. The van der Waals surface area contributed by atoms with Crippen LogP contribution >= 0.6 is 11.3 Å². The van der Waals surface area contributed by atoms with Crippen molar-refractivity contribution in [3.63, 3.8) is 0 Å². The molecule has 0 aliphatic carbocycles. The molecule has 5 rings (SSSR count). The zero-order valence-electron chi connectivity index (χ0n) is 19.7. The predicted octanol–water partition coefficient (Wildman–Crippen LogP) is 4.07. The normalized spacial score (nSPS) is 16.9. The maximum Gasteiger partial charge on any atom is 0.243 e. The molecule has 1 aliphatic heterocycles. The van der Waals surface area contributed by atoms with Gasteiger partial charge < -0.3 is 0 Å². The largest absolute Gasteiger partial charge is 0.286 e. The third-order valence-corrected chi connectivity index (χ3v) is 9.28. The first-order chi connectivity index (χ1) is 17.3. The molecule has 188 valence electrons. The predicted molar refractivity (Wildman–Crippen MR) is 137 cm³/mol. The summed E-state index contributed by atoms with van der Waals surface area (Å²) in [5.74, 6) is -1.19. The maximum atomic E-state index is 14.3. The summed E-state index contributed by atoms with van der Waals surface area (Å²) >= 11 is 1.25. The Morgan fingerprint density at radius 2 is 2.00 bits per heavy atom. The molecule has 0 bridgehead atoms. The molecule has 8 nitrogen and oxygen atoms in total. The Kier molecular flexibility index (Phi) is 6.87. The highest BCUT2D eigenvalue weighted by atomic mass is 32.2. The Balaban J connectivity index is 1.42.